The number of pyridine rings is 1. The number of carbonyl (C=O) groups excluding carboxylic acids is 1. The van der Waals surface area contributed by atoms with Crippen molar-refractivity contribution in [2.45, 2.75) is 57.3 Å². The number of benzene rings is 3. The summed E-state index contributed by atoms with van der Waals surface area (Å²) in [5.74, 6) is -4.19. The van der Waals surface area contributed by atoms with E-state index in [0.717, 1.165) is 6.07 Å². The zero-order chi connectivity index (χ0) is 38.6. The molecule has 0 aliphatic carbocycles. The summed E-state index contributed by atoms with van der Waals surface area (Å²) in [5.41, 5.74) is -4.36. The number of fused-ring (bicyclic) bond motifs is 6. The molecule has 1 aromatic heterocycles. The zero-order valence-corrected chi connectivity index (χ0v) is 28.0. The summed E-state index contributed by atoms with van der Waals surface area (Å²) in [7, 11) is 0. The number of alkyl halides is 7. The third kappa shape index (κ3) is 7.77. The molecule has 16 heteroatoms. The first-order chi connectivity index (χ1) is 24.8. The lowest BCUT2D eigenvalue weighted by molar-refractivity contribution is -0.139. The minimum absolute atomic E-state index is 0.00703. The van der Waals surface area contributed by atoms with Gasteiger partial charge in [-0.2, -0.15) is 26.3 Å². The van der Waals surface area contributed by atoms with Crippen molar-refractivity contribution in [3.8, 4) is 22.6 Å². The minimum Gasteiger partial charge on any atom is -0.481 e. The summed E-state index contributed by atoms with van der Waals surface area (Å²) >= 11 is 0. The van der Waals surface area contributed by atoms with Crippen molar-refractivity contribution < 1.29 is 54.6 Å². The standard InChI is InChI=1S/C37H31F8N3O5/c1-18-4-3-5-29-32(18)21-8-19(2)33(39)26(11-21)28(14-31(50)51)46-35(52)34(22-9-23(36(40,41)42)12-25(10-22)53-29)48-15-20(6-7-47-16-24(38)17-47)27(13-30(48)49)37(43,44)45/h3-5,8-13,15,24,28,34H,6-7,14,16-17H2,1-2H3,(H,46,52)(H,50,51). The molecule has 8 nitrogen and oxygen atoms in total. The Morgan fingerprint density at radius 1 is 0.962 bits per heavy atom. The van der Waals surface area contributed by atoms with Crippen LogP contribution in [0.15, 0.2) is 65.6 Å². The number of halogens is 8. The minimum atomic E-state index is -5.06. The SMILES string of the molecule is Cc1cc2cc(c1F)C(CC(=O)O)NC(=O)C(n1cc(CCN3CC(F)C3)c(C(F)(F)F)cc1=O)c1cc(cc(C(F)(F)F)c1)Oc1cccc(C)c1-2. The predicted octanol–water partition coefficient (Wildman–Crippen LogP) is 7.53. The van der Waals surface area contributed by atoms with Crippen LogP contribution in [0.5, 0.6) is 11.5 Å². The molecule has 1 fully saturated rings. The summed E-state index contributed by atoms with van der Waals surface area (Å²) in [5, 5.41) is 12.2. The van der Waals surface area contributed by atoms with Crippen LogP contribution in [0.3, 0.4) is 0 Å². The molecule has 2 aliphatic heterocycles. The Morgan fingerprint density at radius 2 is 1.68 bits per heavy atom. The summed E-state index contributed by atoms with van der Waals surface area (Å²) < 4.78 is 122. The largest absolute Gasteiger partial charge is 0.481 e. The lowest BCUT2D eigenvalue weighted by atomic mass is 9.92. The Hall–Kier alpha value is -5.25. The first-order valence-electron chi connectivity index (χ1n) is 16.3. The molecule has 3 heterocycles. The average Bonchev–Trinajstić information content (AvgIpc) is 3.03. The van der Waals surface area contributed by atoms with Crippen LogP contribution in [0.1, 0.15) is 57.4 Å². The molecule has 2 aliphatic rings. The normalized spacial score (nSPS) is 18.1. The molecule has 53 heavy (non-hydrogen) atoms. The van der Waals surface area contributed by atoms with E-state index in [4.69, 9.17) is 4.74 Å². The first kappa shape index (κ1) is 37.5. The third-order valence-electron chi connectivity index (χ3n) is 9.28. The van der Waals surface area contributed by atoms with Gasteiger partial charge < -0.3 is 15.2 Å². The number of likely N-dealkylation sites (tertiary alicyclic amines) is 1. The summed E-state index contributed by atoms with van der Waals surface area (Å²) in [6, 6.07) is 5.91. The number of aliphatic carboxylic acids is 1. The molecule has 4 bridgehead atoms. The molecule has 1 saturated heterocycles. The van der Waals surface area contributed by atoms with Gasteiger partial charge in [0.25, 0.3) is 5.56 Å². The van der Waals surface area contributed by atoms with Crippen molar-refractivity contribution in [1.29, 1.82) is 0 Å². The number of amides is 1. The number of carbonyl (C=O) groups is 2. The van der Waals surface area contributed by atoms with E-state index in [1.54, 1.807) is 19.1 Å². The molecule has 2 unspecified atom stereocenters. The van der Waals surface area contributed by atoms with E-state index in [0.29, 0.717) is 34.0 Å². The van der Waals surface area contributed by atoms with E-state index in [9.17, 15) is 50.2 Å². The van der Waals surface area contributed by atoms with E-state index in [-0.39, 0.29) is 54.6 Å². The molecular formula is C37H31F8N3O5. The number of aryl methyl sites for hydroxylation is 2. The van der Waals surface area contributed by atoms with Crippen LogP contribution in [0.25, 0.3) is 11.1 Å². The van der Waals surface area contributed by atoms with Gasteiger partial charge in [0.1, 0.15) is 29.5 Å². The molecule has 0 saturated carbocycles. The van der Waals surface area contributed by atoms with Gasteiger partial charge in [0.05, 0.1) is 23.6 Å². The Bertz CT molecular complexity index is 2160. The van der Waals surface area contributed by atoms with Crippen LogP contribution in [0.2, 0.25) is 0 Å². The van der Waals surface area contributed by atoms with Gasteiger partial charge in [-0.1, -0.05) is 12.1 Å². The van der Waals surface area contributed by atoms with Gasteiger partial charge >= 0.3 is 18.3 Å². The van der Waals surface area contributed by atoms with Crippen molar-refractivity contribution in [1.82, 2.24) is 14.8 Å². The molecule has 0 radical (unpaired) electrons. The van der Waals surface area contributed by atoms with Crippen molar-refractivity contribution in [2.75, 3.05) is 19.6 Å². The van der Waals surface area contributed by atoms with E-state index in [2.05, 4.69) is 5.32 Å². The number of hydrogen-bond donors (Lipinski definition) is 2. The van der Waals surface area contributed by atoms with E-state index < -0.39 is 88.3 Å². The second kappa shape index (κ2) is 14.0. The van der Waals surface area contributed by atoms with Crippen LogP contribution in [-0.4, -0.2) is 52.3 Å². The van der Waals surface area contributed by atoms with Crippen LogP contribution < -0.4 is 15.6 Å². The Balaban J connectivity index is 1.63. The fraction of sp³-hybridized carbons (Fsp3) is 0.324. The second-order valence-electron chi connectivity index (χ2n) is 13.2. The molecule has 0 spiro atoms. The number of rotatable bonds is 6. The molecule has 3 aromatic carbocycles. The number of ether oxygens (including phenoxy) is 1. The maximum absolute atomic E-state index is 15.9. The van der Waals surface area contributed by atoms with Gasteiger partial charge in [-0.3, -0.25) is 23.9 Å². The molecular weight excluding hydrogens is 718 g/mol. The molecule has 2 atom stereocenters. The van der Waals surface area contributed by atoms with Crippen LogP contribution in [-0.2, 0) is 28.4 Å². The fourth-order valence-electron chi connectivity index (χ4n) is 6.75. The number of nitrogens with one attached hydrogen (secondary N) is 1. The lowest BCUT2D eigenvalue weighted by Gasteiger charge is -2.34. The highest BCUT2D eigenvalue weighted by atomic mass is 19.4. The highest BCUT2D eigenvalue weighted by Gasteiger charge is 2.39. The number of aromatic nitrogens is 1. The van der Waals surface area contributed by atoms with Crippen molar-refractivity contribution in [2.24, 2.45) is 0 Å². The zero-order valence-electron chi connectivity index (χ0n) is 28.0. The maximum Gasteiger partial charge on any atom is 0.416 e. The highest BCUT2D eigenvalue weighted by Crippen LogP contribution is 2.42. The molecule has 6 rings (SSSR count). The molecule has 1 amide bonds. The summed E-state index contributed by atoms with van der Waals surface area (Å²) in [4.78, 5) is 41.5. The maximum atomic E-state index is 15.9. The van der Waals surface area contributed by atoms with Gasteiger partial charge in [0.15, 0.2) is 0 Å². The third-order valence-corrected chi connectivity index (χ3v) is 9.28. The smallest absolute Gasteiger partial charge is 0.416 e. The Kier molecular flexibility index (Phi) is 9.87. The van der Waals surface area contributed by atoms with Crippen LogP contribution in [0.4, 0.5) is 35.1 Å². The van der Waals surface area contributed by atoms with Gasteiger partial charge in [0.2, 0.25) is 5.91 Å². The number of nitrogens with zero attached hydrogens (tertiary/aromatic N) is 2. The van der Waals surface area contributed by atoms with Crippen molar-refractivity contribution >= 4 is 11.9 Å². The van der Waals surface area contributed by atoms with Crippen molar-refractivity contribution in [3.05, 3.63) is 116 Å². The van der Waals surface area contributed by atoms with Gasteiger partial charge in [0, 0.05) is 43.0 Å². The monoisotopic (exact) mass is 749 g/mol. The van der Waals surface area contributed by atoms with Gasteiger partial charge in [-0.05, 0) is 84.5 Å². The fourth-order valence-corrected chi connectivity index (χ4v) is 6.75. The highest BCUT2D eigenvalue weighted by molar-refractivity contribution is 5.85. The van der Waals surface area contributed by atoms with Crippen molar-refractivity contribution in [3.63, 3.8) is 0 Å². The summed E-state index contributed by atoms with van der Waals surface area (Å²) in [6.07, 6.45) is -11.9. The van der Waals surface area contributed by atoms with E-state index in [1.807, 2.05) is 0 Å². The predicted molar refractivity (Wildman–Crippen MR) is 175 cm³/mol. The molecule has 2 N–H and O–H groups in total. The molecule has 280 valence electrons. The van der Waals surface area contributed by atoms with Crippen LogP contribution >= 0.6 is 0 Å². The van der Waals surface area contributed by atoms with Gasteiger partial charge in [-0.25, -0.2) is 8.78 Å². The number of carboxylic acids is 1. The lowest BCUT2D eigenvalue weighted by Crippen LogP contribution is -2.49. The van der Waals surface area contributed by atoms with E-state index >= 15 is 4.39 Å². The number of carboxylic acid groups (broad SMARTS) is 1. The average molecular weight is 750 g/mol. The quantitative estimate of drug-likeness (QED) is 0.198. The van der Waals surface area contributed by atoms with Gasteiger partial charge in [-0.15, -0.1) is 0 Å². The number of hydrogen-bond acceptors (Lipinski definition) is 5. The molecule has 4 aromatic rings. The topological polar surface area (TPSA) is 101 Å². The Morgan fingerprint density at radius 3 is 2.32 bits per heavy atom. The Labute approximate surface area is 296 Å². The van der Waals surface area contributed by atoms with E-state index in [1.165, 1.54) is 30.0 Å². The van der Waals surface area contributed by atoms with Crippen LogP contribution in [0, 0.1) is 19.7 Å². The summed E-state index contributed by atoms with van der Waals surface area (Å²) in [6.45, 7) is 2.90. The second-order valence-corrected chi connectivity index (χ2v) is 13.2. The first-order valence-corrected chi connectivity index (χ1v) is 16.3.